The van der Waals surface area contributed by atoms with Crippen LogP contribution >= 0.6 is 11.6 Å². The third kappa shape index (κ3) is 3.11. The lowest BCUT2D eigenvalue weighted by Gasteiger charge is -2.21. The molecule has 0 aromatic carbocycles. The van der Waals surface area contributed by atoms with Gasteiger partial charge in [-0.15, -0.1) is 6.58 Å². The van der Waals surface area contributed by atoms with Crippen molar-refractivity contribution in [1.82, 2.24) is 4.98 Å². The first-order valence-corrected chi connectivity index (χ1v) is 5.66. The van der Waals surface area contributed by atoms with Crippen molar-refractivity contribution >= 4 is 17.3 Å². The number of aromatic nitrogens is 1. The Morgan fingerprint density at radius 1 is 1.41 bits per heavy atom. The molecule has 0 bridgehead atoms. The molecular weight excluding hydrogens is 236 g/mol. The molecule has 88 valence electrons. The standard InChI is InChI=1S/C13H13ClN2O/c1-2-6-16(12-5-7-17-10-12)9-11-3-4-13(14)15-8-11/h2-5,7-8,10H,1,6,9H2. The van der Waals surface area contributed by atoms with Crippen molar-refractivity contribution < 1.29 is 4.42 Å². The molecule has 17 heavy (non-hydrogen) atoms. The van der Waals surface area contributed by atoms with Gasteiger partial charge in [0.1, 0.15) is 11.4 Å². The van der Waals surface area contributed by atoms with E-state index in [-0.39, 0.29) is 0 Å². The minimum Gasteiger partial charge on any atom is -0.470 e. The maximum Gasteiger partial charge on any atom is 0.129 e. The number of hydrogen-bond acceptors (Lipinski definition) is 3. The molecule has 0 aliphatic carbocycles. The van der Waals surface area contributed by atoms with Crippen LogP contribution in [0.4, 0.5) is 5.69 Å². The van der Waals surface area contributed by atoms with Crippen molar-refractivity contribution in [3.8, 4) is 0 Å². The van der Waals surface area contributed by atoms with Crippen LogP contribution in [0, 0.1) is 0 Å². The van der Waals surface area contributed by atoms with Crippen LogP contribution in [0.15, 0.2) is 54.0 Å². The summed E-state index contributed by atoms with van der Waals surface area (Å²) in [4.78, 5) is 6.20. The number of anilines is 1. The second-order valence-electron chi connectivity index (χ2n) is 3.64. The molecule has 0 amide bonds. The summed E-state index contributed by atoms with van der Waals surface area (Å²) in [7, 11) is 0. The van der Waals surface area contributed by atoms with Gasteiger partial charge in [0.05, 0.1) is 12.0 Å². The zero-order valence-electron chi connectivity index (χ0n) is 9.34. The molecule has 2 heterocycles. The molecule has 0 radical (unpaired) electrons. The molecule has 4 heteroatoms. The minimum absolute atomic E-state index is 0.507. The maximum absolute atomic E-state index is 5.75. The molecule has 0 atom stereocenters. The molecule has 0 saturated heterocycles. The van der Waals surface area contributed by atoms with Gasteiger partial charge >= 0.3 is 0 Å². The predicted molar refractivity (Wildman–Crippen MR) is 69.2 cm³/mol. The molecular formula is C13H13ClN2O. The Kier molecular flexibility index (Phi) is 3.83. The maximum atomic E-state index is 5.75. The van der Waals surface area contributed by atoms with Crippen LogP contribution in [-0.2, 0) is 6.54 Å². The smallest absolute Gasteiger partial charge is 0.129 e. The first kappa shape index (κ1) is 11.7. The number of furan rings is 1. The molecule has 0 unspecified atom stereocenters. The Hall–Kier alpha value is -1.74. The van der Waals surface area contributed by atoms with Crippen LogP contribution in [0.2, 0.25) is 5.15 Å². The highest BCUT2D eigenvalue weighted by Gasteiger charge is 2.07. The summed E-state index contributed by atoms with van der Waals surface area (Å²) in [6, 6.07) is 5.68. The van der Waals surface area contributed by atoms with Gasteiger partial charge in [-0.1, -0.05) is 23.7 Å². The first-order valence-electron chi connectivity index (χ1n) is 5.28. The summed E-state index contributed by atoms with van der Waals surface area (Å²) in [5.74, 6) is 0. The van der Waals surface area contributed by atoms with Gasteiger partial charge in [-0.3, -0.25) is 0 Å². The normalized spacial score (nSPS) is 10.2. The number of nitrogens with zero attached hydrogens (tertiary/aromatic N) is 2. The van der Waals surface area contributed by atoms with Crippen molar-refractivity contribution in [2.75, 3.05) is 11.4 Å². The van der Waals surface area contributed by atoms with Gasteiger partial charge in [0, 0.05) is 19.3 Å². The highest BCUT2D eigenvalue weighted by molar-refractivity contribution is 6.29. The largest absolute Gasteiger partial charge is 0.470 e. The second-order valence-corrected chi connectivity index (χ2v) is 4.03. The van der Waals surface area contributed by atoms with Crippen LogP contribution in [-0.4, -0.2) is 11.5 Å². The molecule has 0 aliphatic heterocycles. The molecule has 2 aromatic heterocycles. The summed E-state index contributed by atoms with van der Waals surface area (Å²) >= 11 is 5.75. The molecule has 0 spiro atoms. The van der Waals surface area contributed by atoms with E-state index in [0.29, 0.717) is 5.15 Å². The van der Waals surface area contributed by atoms with Crippen LogP contribution < -0.4 is 4.90 Å². The van der Waals surface area contributed by atoms with Gasteiger partial charge in [-0.05, 0) is 17.7 Å². The highest BCUT2D eigenvalue weighted by Crippen LogP contribution is 2.17. The van der Waals surface area contributed by atoms with Crippen LogP contribution in [0.1, 0.15) is 5.56 Å². The van der Waals surface area contributed by atoms with E-state index in [1.165, 1.54) is 0 Å². The summed E-state index contributed by atoms with van der Waals surface area (Å²) in [6.07, 6.45) is 7.01. The van der Waals surface area contributed by atoms with Gasteiger partial charge in [0.25, 0.3) is 0 Å². The monoisotopic (exact) mass is 248 g/mol. The fraction of sp³-hybridized carbons (Fsp3) is 0.154. The van der Waals surface area contributed by atoms with E-state index in [0.717, 1.165) is 24.3 Å². The highest BCUT2D eigenvalue weighted by atomic mass is 35.5. The fourth-order valence-electron chi connectivity index (χ4n) is 1.57. The predicted octanol–water partition coefficient (Wildman–Crippen LogP) is 3.52. The third-order valence-electron chi connectivity index (χ3n) is 2.38. The number of halogens is 1. The van der Waals surface area contributed by atoms with Crippen molar-refractivity contribution in [2.24, 2.45) is 0 Å². The quantitative estimate of drug-likeness (QED) is 0.599. The van der Waals surface area contributed by atoms with E-state index >= 15 is 0 Å². The average Bonchev–Trinajstić information content (AvgIpc) is 2.85. The Balaban J connectivity index is 2.13. The summed E-state index contributed by atoms with van der Waals surface area (Å²) in [5, 5.41) is 0.507. The van der Waals surface area contributed by atoms with Crippen LogP contribution in [0.25, 0.3) is 0 Å². The Morgan fingerprint density at radius 2 is 2.29 bits per heavy atom. The van der Waals surface area contributed by atoms with E-state index in [4.69, 9.17) is 16.0 Å². The van der Waals surface area contributed by atoms with Gasteiger partial charge in [0.2, 0.25) is 0 Å². The van der Waals surface area contributed by atoms with Gasteiger partial charge in [-0.25, -0.2) is 4.98 Å². The molecule has 0 fully saturated rings. The Labute approximate surface area is 105 Å². The molecule has 0 saturated carbocycles. The lowest BCUT2D eigenvalue weighted by Crippen LogP contribution is -2.22. The van der Waals surface area contributed by atoms with Gasteiger partial charge in [0.15, 0.2) is 0 Å². The lowest BCUT2D eigenvalue weighted by molar-refractivity contribution is 0.566. The molecule has 3 nitrogen and oxygen atoms in total. The van der Waals surface area contributed by atoms with Crippen LogP contribution in [0.3, 0.4) is 0 Å². The zero-order valence-corrected chi connectivity index (χ0v) is 10.1. The second kappa shape index (κ2) is 5.55. The molecule has 0 aliphatic rings. The third-order valence-corrected chi connectivity index (χ3v) is 2.61. The SMILES string of the molecule is C=CCN(Cc1ccc(Cl)nc1)c1ccoc1. The van der Waals surface area contributed by atoms with Gasteiger partial charge < -0.3 is 9.32 Å². The van der Waals surface area contributed by atoms with E-state index in [1.807, 2.05) is 18.2 Å². The number of pyridine rings is 1. The van der Waals surface area contributed by atoms with E-state index in [9.17, 15) is 0 Å². The van der Waals surface area contributed by atoms with Crippen molar-refractivity contribution in [3.05, 3.63) is 60.3 Å². The summed E-state index contributed by atoms with van der Waals surface area (Å²) < 4.78 is 5.09. The number of hydrogen-bond donors (Lipinski definition) is 0. The Morgan fingerprint density at radius 3 is 2.88 bits per heavy atom. The van der Waals surface area contributed by atoms with E-state index < -0.39 is 0 Å². The van der Waals surface area contributed by atoms with Crippen molar-refractivity contribution in [3.63, 3.8) is 0 Å². The summed E-state index contributed by atoms with van der Waals surface area (Å²) in [6.45, 7) is 5.25. The topological polar surface area (TPSA) is 29.3 Å². The lowest BCUT2D eigenvalue weighted by atomic mass is 10.2. The molecule has 2 aromatic rings. The Bertz CT molecular complexity index is 465. The summed E-state index contributed by atoms with van der Waals surface area (Å²) in [5.41, 5.74) is 2.12. The average molecular weight is 249 g/mol. The van der Waals surface area contributed by atoms with Crippen molar-refractivity contribution in [1.29, 1.82) is 0 Å². The number of rotatable bonds is 5. The van der Waals surface area contributed by atoms with E-state index in [2.05, 4.69) is 16.5 Å². The minimum atomic E-state index is 0.507. The zero-order chi connectivity index (χ0) is 12.1. The molecule has 2 rings (SSSR count). The fourth-order valence-corrected chi connectivity index (χ4v) is 1.69. The van der Waals surface area contributed by atoms with Gasteiger partial charge in [-0.2, -0.15) is 0 Å². The van der Waals surface area contributed by atoms with Crippen molar-refractivity contribution in [2.45, 2.75) is 6.54 Å². The first-order chi connectivity index (χ1) is 8.29. The van der Waals surface area contributed by atoms with Crippen LogP contribution in [0.5, 0.6) is 0 Å². The van der Waals surface area contributed by atoms with E-state index in [1.54, 1.807) is 24.8 Å². The molecule has 0 N–H and O–H groups in total.